The molecule has 2 aliphatic carbocycles. The van der Waals surface area contributed by atoms with E-state index < -0.39 is 0 Å². The van der Waals surface area contributed by atoms with Crippen molar-refractivity contribution in [2.75, 3.05) is 26.9 Å². The normalized spacial score (nSPS) is 31.1. The number of rotatable bonds is 2. The molecule has 2 saturated carbocycles. The molecule has 1 aliphatic heterocycles. The van der Waals surface area contributed by atoms with Crippen molar-refractivity contribution in [2.24, 2.45) is 10.8 Å². The Hall–Kier alpha value is -0.630. The molecule has 0 bridgehead atoms. The third kappa shape index (κ3) is 1.85. The molecule has 0 aromatic carbocycles. The lowest BCUT2D eigenvalue weighted by molar-refractivity contribution is -0.209. The Balaban J connectivity index is 1.60. The fourth-order valence-corrected chi connectivity index (χ4v) is 4.17. The minimum Gasteiger partial charge on any atom is -0.383 e. The van der Waals surface area contributed by atoms with Crippen molar-refractivity contribution in [3.8, 4) is 6.07 Å². The number of nitrogens with zero attached hydrogens (tertiary/aromatic N) is 1. The molecule has 0 unspecified atom stereocenters. The van der Waals surface area contributed by atoms with Crippen LogP contribution >= 0.6 is 0 Å². The van der Waals surface area contributed by atoms with E-state index in [-0.39, 0.29) is 11.2 Å². The van der Waals surface area contributed by atoms with Crippen LogP contribution in [0, 0.1) is 22.2 Å². The first-order valence-electron chi connectivity index (χ1n) is 6.84. The monoisotopic (exact) mass is 251 g/mol. The van der Waals surface area contributed by atoms with Crippen molar-refractivity contribution in [3.05, 3.63) is 0 Å². The van der Waals surface area contributed by atoms with Crippen LogP contribution in [0.2, 0.25) is 0 Å². The van der Waals surface area contributed by atoms with Crippen LogP contribution in [0.5, 0.6) is 0 Å². The summed E-state index contributed by atoms with van der Waals surface area (Å²) in [5.74, 6) is -0.280. The van der Waals surface area contributed by atoms with Gasteiger partial charge in [0.1, 0.15) is 0 Å². The summed E-state index contributed by atoms with van der Waals surface area (Å²) in [6.07, 6.45) is 6.20. The molecule has 4 nitrogen and oxygen atoms in total. The highest BCUT2D eigenvalue weighted by Gasteiger charge is 2.58. The van der Waals surface area contributed by atoms with E-state index in [1.54, 1.807) is 7.11 Å². The third-order valence-electron chi connectivity index (χ3n) is 4.97. The molecule has 0 aromatic heterocycles. The van der Waals surface area contributed by atoms with Gasteiger partial charge in [0.2, 0.25) is 0 Å². The topological polar surface area (TPSA) is 51.5 Å². The molecular formula is C14H21NO3. The van der Waals surface area contributed by atoms with Crippen molar-refractivity contribution in [1.82, 2.24) is 0 Å². The molecule has 100 valence electrons. The molecule has 3 aliphatic rings. The van der Waals surface area contributed by atoms with Gasteiger partial charge in [-0.1, -0.05) is 0 Å². The van der Waals surface area contributed by atoms with Gasteiger partial charge < -0.3 is 14.2 Å². The molecule has 2 spiro atoms. The number of ether oxygens (including phenoxy) is 3. The zero-order chi connectivity index (χ0) is 12.7. The Morgan fingerprint density at radius 3 is 2.22 bits per heavy atom. The summed E-state index contributed by atoms with van der Waals surface area (Å²) in [5.41, 5.74) is 0.130. The highest BCUT2D eigenvalue weighted by molar-refractivity contribution is 5.15. The van der Waals surface area contributed by atoms with Gasteiger partial charge in [-0.05, 0) is 31.1 Å². The van der Waals surface area contributed by atoms with Crippen LogP contribution in [-0.4, -0.2) is 32.7 Å². The predicted molar refractivity (Wildman–Crippen MR) is 64.7 cm³/mol. The van der Waals surface area contributed by atoms with E-state index in [0.29, 0.717) is 12.0 Å². The molecule has 0 N–H and O–H groups in total. The van der Waals surface area contributed by atoms with E-state index in [2.05, 4.69) is 6.07 Å². The Morgan fingerprint density at radius 1 is 1.11 bits per heavy atom. The Labute approximate surface area is 108 Å². The number of nitriles is 1. The second kappa shape index (κ2) is 4.19. The zero-order valence-corrected chi connectivity index (χ0v) is 11.0. The molecule has 0 radical (unpaired) electrons. The van der Waals surface area contributed by atoms with E-state index >= 15 is 0 Å². The second-order valence-corrected chi connectivity index (χ2v) is 6.29. The van der Waals surface area contributed by atoms with E-state index in [9.17, 15) is 5.26 Å². The summed E-state index contributed by atoms with van der Waals surface area (Å²) < 4.78 is 16.7. The molecule has 0 aromatic rings. The summed E-state index contributed by atoms with van der Waals surface area (Å²) in [7, 11) is 1.68. The van der Waals surface area contributed by atoms with Gasteiger partial charge in [-0.15, -0.1) is 0 Å². The minimum absolute atomic E-state index is 0.226. The molecular weight excluding hydrogens is 230 g/mol. The third-order valence-corrected chi connectivity index (χ3v) is 4.97. The number of hydrogen-bond donors (Lipinski definition) is 0. The minimum atomic E-state index is -0.280. The molecule has 0 atom stereocenters. The van der Waals surface area contributed by atoms with Crippen LogP contribution in [0.15, 0.2) is 0 Å². The lowest BCUT2D eigenvalue weighted by Crippen LogP contribution is -2.52. The molecule has 4 heteroatoms. The van der Waals surface area contributed by atoms with Crippen LogP contribution in [-0.2, 0) is 14.2 Å². The van der Waals surface area contributed by atoms with E-state index in [1.165, 1.54) is 0 Å². The SMILES string of the molecule is COCC1(C#N)CC2(CCC3(CC2)OCCO3)C1. The highest BCUT2D eigenvalue weighted by atomic mass is 16.7. The molecule has 0 amide bonds. The van der Waals surface area contributed by atoms with Crippen molar-refractivity contribution in [1.29, 1.82) is 5.26 Å². The average molecular weight is 251 g/mol. The molecule has 1 saturated heterocycles. The van der Waals surface area contributed by atoms with Crippen molar-refractivity contribution >= 4 is 0 Å². The Kier molecular flexibility index (Phi) is 2.89. The van der Waals surface area contributed by atoms with E-state index in [0.717, 1.165) is 51.7 Å². The van der Waals surface area contributed by atoms with Crippen LogP contribution < -0.4 is 0 Å². The zero-order valence-electron chi connectivity index (χ0n) is 11.0. The molecule has 1 heterocycles. The summed E-state index contributed by atoms with van der Waals surface area (Å²) in [5, 5.41) is 9.31. The van der Waals surface area contributed by atoms with Crippen molar-refractivity contribution < 1.29 is 14.2 Å². The smallest absolute Gasteiger partial charge is 0.168 e. The maximum absolute atomic E-state index is 9.31. The van der Waals surface area contributed by atoms with Gasteiger partial charge in [-0.3, -0.25) is 0 Å². The number of hydrogen-bond acceptors (Lipinski definition) is 4. The van der Waals surface area contributed by atoms with Gasteiger partial charge >= 0.3 is 0 Å². The maximum atomic E-state index is 9.31. The summed E-state index contributed by atoms with van der Waals surface area (Å²) in [4.78, 5) is 0. The Morgan fingerprint density at radius 2 is 1.72 bits per heavy atom. The van der Waals surface area contributed by atoms with Gasteiger partial charge in [0.15, 0.2) is 5.79 Å². The first kappa shape index (κ1) is 12.4. The first-order chi connectivity index (χ1) is 8.66. The largest absolute Gasteiger partial charge is 0.383 e. The fraction of sp³-hybridized carbons (Fsp3) is 0.929. The van der Waals surface area contributed by atoms with E-state index in [4.69, 9.17) is 14.2 Å². The van der Waals surface area contributed by atoms with Crippen LogP contribution in [0.25, 0.3) is 0 Å². The predicted octanol–water partition coefficient (Wildman–Crippen LogP) is 2.24. The van der Waals surface area contributed by atoms with Gasteiger partial charge in [-0.25, -0.2) is 0 Å². The second-order valence-electron chi connectivity index (χ2n) is 6.29. The summed E-state index contributed by atoms with van der Waals surface area (Å²) in [6.45, 7) is 2.04. The van der Waals surface area contributed by atoms with E-state index in [1.807, 2.05) is 0 Å². The summed E-state index contributed by atoms with van der Waals surface area (Å²) >= 11 is 0. The quantitative estimate of drug-likeness (QED) is 0.755. The average Bonchev–Trinajstić information content (AvgIpc) is 2.79. The standard InChI is InChI=1S/C14H21NO3/c1-16-11-13(10-15)8-12(9-13)2-4-14(5-3-12)17-6-7-18-14/h2-9,11H2,1H3. The molecule has 3 rings (SSSR count). The lowest BCUT2D eigenvalue weighted by atomic mass is 9.48. The first-order valence-corrected chi connectivity index (χ1v) is 6.84. The summed E-state index contributed by atoms with van der Waals surface area (Å²) in [6, 6.07) is 2.46. The highest BCUT2D eigenvalue weighted by Crippen LogP contribution is 2.62. The van der Waals surface area contributed by atoms with Crippen LogP contribution in [0.1, 0.15) is 38.5 Å². The van der Waals surface area contributed by atoms with Gasteiger partial charge in [0.25, 0.3) is 0 Å². The lowest BCUT2D eigenvalue weighted by Gasteiger charge is -2.56. The molecule has 18 heavy (non-hydrogen) atoms. The Bertz CT molecular complexity index is 350. The van der Waals surface area contributed by atoms with Crippen LogP contribution in [0.4, 0.5) is 0 Å². The molecule has 3 fully saturated rings. The van der Waals surface area contributed by atoms with Crippen LogP contribution in [0.3, 0.4) is 0 Å². The number of methoxy groups -OCH3 is 1. The fourth-order valence-electron chi connectivity index (χ4n) is 4.17. The van der Waals surface area contributed by atoms with Gasteiger partial charge in [0.05, 0.1) is 31.3 Å². The van der Waals surface area contributed by atoms with Crippen molar-refractivity contribution in [3.63, 3.8) is 0 Å². The van der Waals surface area contributed by atoms with Gasteiger partial charge in [-0.2, -0.15) is 5.26 Å². The maximum Gasteiger partial charge on any atom is 0.168 e. The van der Waals surface area contributed by atoms with Gasteiger partial charge in [0, 0.05) is 20.0 Å². The van der Waals surface area contributed by atoms with Crippen molar-refractivity contribution in [2.45, 2.75) is 44.3 Å².